The van der Waals surface area contributed by atoms with Gasteiger partial charge >= 0.3 is 0 Å². The maximum absolute atomic E-state index is 5.00. The van der Waals surface area contributed by atoms with Crippen LogP contribution in [-0.4, -0.2) is 43.2 Å². The Hall–Kier alpha value is -4.20. The fraction of sp³-hybridized carbons (Fsp3) is 0.286. The third kappa shape index (κ3) is 4.19. The van der Waals surface area contributed by atoms with Crippen molar-refractivity contribution in [2.45, 2.75) is 39.0 Å². The predicted molar refractivity (Wildman–Crippen MR) is 146 cm³/mol. The summed E-state index contributed by atoms with van der Waals surface area (Å²) < 4.78 is 0. The molecule has 8 heteroatoms. The van der Waals surface area contributed by atoms with Crippen LogP contribution in [0.1, 0.15) is 39.0 Å². The van der Waals surface area contributed by atoms with E-state index in [1.54, 1.807) is 0 Å². The molecule has 0 spiro atoms. The Morgan fingerprint density at radius 2 is 1.86 bits per heavy atom. The number of imidazole rings is 1. The lowest BCUT2D eigenvalue weighted by Gasteiger charge is -2.28. The molecule has 0 radical (unpaired) electrons. The van der Waals surface area contributed by atoms with Crippen molar-refractivity contribution in [1.82, 2.24) is 30.1 Å². The van der Waals surface area contributed by atoms with Gasteiger partial charge < -0.3 is 15.2 Å². The summed E-state index contributed by atoms with van der Waals surface area (Å²) in [6.07, 6.45) is 13.2. The highest BCUT2D eigenvalue weighted by Gasteiger charge is 2.19. The summed E-state index contributed by atoms with van der Waals surface area (Å²) in [7, 11) is 0. The second kappa shape index (κ2) is 9.45. The van der Waals surface area contributed by atoms with Crippen LogP contribution in [0.15, 0.2) is 61.3 Å². The molecular formula is C28H30N8. The number of anilines is 2. The van der Waals surface area contributed by atoms with Crippen LogP contribution >= 0.6 is 0 Å². The molecular weight excluding hydrogens is 448 g/mol. The summed E-state index contributed by atoms with van der Waals surface area (Å²) in [5, 5.41) is 12.2. The van der Waals surface area contributed by atoms with Gasteiger partial charge in [-0.1, -0.05) is 26.0 Å². The third-order valence-electron chi connectivity index (χ3n) is 6.80. The Kier molecular flexibility index (Phi) is 5.85. The van der Waals surface area contributed by atoms with E-state index >= 15 is 0 Å². The monoisotopic (exact) mass is 478 g/mol. The first kappa shape index (κ1) is 22.3. The second-order valence-electron chi connectivity index (χ2n) is 9.46. The molecule has 1 aliphatic heterocycles. The number of fused-ring (bicyclic) bond motifs is 2. The number of benzene rings is 1. The van der Waals surface area contributed by atoms with Gasteiger partial charge in [0.15, 0.2) is 5.82 Å². The normalized spacial score (nSPS) is 14.0. The molecule has 5 heterocycles. The van der Waals surface area contributed by atoms with Gasteiger partial charge in [0, 0.05) is 35.9 Å². The minimum Gasteiger partial charge on any atom is -0.368 e. The van der Waals surface area contributed by atoms with E-state index in [-0.39, 0.29) is 0 Å². The molecule has 4 aromatic heterocycles. The molecule has 3 N–H and O–H groups in total. The van der Waals surface area contributed by atoms with Crippen molar-refractivity contribution in [3.8, 4) is 22.6 Å². The van der Waals surface area contributed by atoms with Gasteiger partial charge in [-0.05, 0) is 49.4 Å². The first-order chi connectivity index (χ1) is 17.7. The number of hydrogen-bond acceptors (Lipinski definition) is 6. The van der Waals surface area contributed by atoms with Crippen molar-refractivity contribution in [3.63, 3.8) is 0 Å². The van der Waals surface area contributed by atoms with Crippen molar-refractivity contribution in [3.05, 3.63) is 61.3 Å². The maximum Gasteiger partial charge on any atom is 0.159 e. The van der Waals surface area contributed by atoms with Gasteiger partial charge in [0.1, 0.15) is 11.2 Å². The number of H-pyrrole nitrogens is 2. The fourth-order valence-electron chi connectivity index (χ4n) is 5.01. The molecule has 1 saturated heterocycles. The van der Waals surface area contributed by atoms with Crippen molar-refractivity contribution < 1.29 is 0 Å². The summed E-state index contributed by atoms with van der Waals surface area (Å²) >= 11 is 0. The van der Waals surface area contributed by atoms with Gasteiger partial charge in [-0.3, -0.25) is 15.1 Å². The summed E-state index contributed by atoms with van der Waals surface area (Å²) in [5.74, 6) is 0.740. The number of aromatic nitrogens is 6. The maximum atomic E-state index is 5.00. The molecule has 0 bridgehead atoms. The summed E-state index contributed by atoms with van der Waals surface area (Å²) in [6, 6.07) is 8.39. The van der Waals surface area contributed by atoms with Crippen molar-refractivity contribution in [2.24, 2.45) is 0 Å². The number of hydrogen-bond donors (Lipinski definition) is 3. The molecule has 1 aliphatic rings. The van der Waals surface area contributed by atoms with Gasteiger partial charge in [0.05, 0.1) is 41.0 Å². The average Bonchev–Trinajstić information content (AvgIpc) is 3.53. The molecule has 6 rings (SSSR count). The van der Waals surface area contributed by atoms with Crippen molar-refractivity contribution in [1.29, 1.82) is 0 Å². The minimum absolute atomic E-state index is 0.740. The zero-order valence-corrected chi connectivity index (χ0v) is 20.5. The van der Waals surface area contributed by atoms with Crippen LogP contribution in [0.25, 0.3) is 44.6 Å². The van der Waals surface area contributed by atoms with E-state index in [1.165, 1.54) is 19.3 Å². The number of piperidine rings is 1. The van der Waals surface area contributed by atoms with Gasteiger partial charge in [-0.15, -0.1) is 0 Å². The molecule has 8 nitrogen and oxygen atoms in total. The molecule has 0 saturated carbocycles. The van der Waals surface area contributed by atoms with E-state index in [1.807, 2.05) is 24.8 Å². The van der Waals surface area contributed by atoms with E-state index in [4.69, 9.17) is 4.98 Å². The molecule has 36 heavy (non-hydrogen) atoms. The molecule has 0 unspecified atom stereocenters. The molecule has 5 aromatic rings. The lowest BCUT2D eigenvalue weighted by molar-refractivity contribution is 0.578. The topological polar surface area (TPSA) is 98.4 Å². The SMILES string of the molecule is C=C(CCC)Nc1cncc(-c2ccc3[nH]nc(-c4nc5c(N6CCCCC6)cncc5[nH]4)c3c2)c1. The highest BCUT2D eigenvalue weighted by atomic mass is 15.2. The van der Waals surface area contributed by atoms with Crippen LogP contribution in [-0.2, 0) is 0 Å². The Balaban J connectivity index is 1.37. The first-order valence-electron chi connectivity index (χ1n) is 12.7. The van der Waals surface area contributed by atoms with Crippen molar-refractivity contribution >= 4 is 33.3 Å². The highest BCUT2D eigenvalue weighted by molar-refractivity contribution is 5.97. The van der Waals surface area contributed by atoms with E-state index in [2.05, 4.69) is 73.1 Å². The third-order valence-corrected chi connectivity index (χ3v) is 6.80. The van der Waals surface area contributed by atoms with Crippen LogP contribution in [0.4, 0.5) is 11.4 Å². The van der Waals surface area contributed by atoms with E-state index in [0.717, 1.165) is 87.6 Å². The molecule has 1 aromatic carbocycles. The van der Waals surface area contributed by atoms with Gasteiger partial charge in [-0.25, -0.2) is 4.98 Å². The lowest BCUT2D eigenvalue weighted by atomic mass is 10.0. The van der Waals surface area contributed by atoms with Crippen LogP contribution < -0.4 is 10.2 Å². The van der Waals surface area contributed by atoms with Crippen LogP contribution in [0.3, 0.4) is 0 Å². The predicted octanol–water partition coefficient (Wildman–Crippen LogP) is 6.28. The Morgan fingerprint density at radius 1 is 1.00 bits per heavy atom. The highest BCUT2D eigenvalue weighted by Crippen LogP contribution is 2.33. The van der Waals surface area contributed by atoms with E-state index < -0.39 is 0 Å². The fourth-order valence-corrected chi connectivity index (χ4v) is 5.01. The molecule has 0 atom stereocenters. The van der Waals surface area contributed by atoms with Gasteiger partial charge in [0.2, 0.25) is 0 Å². The lowest BCUT2D eigenvalue weighted by Crippen LogP contribution is -2.29. The standard InChI is InChI=1S/C28H30N8/c1-3-7-18(2)31-21-12-20(14-29-15-21)19-8-9-23-22(13-19)26(35-34-23)28-32-24-16-30-17-25(27(24)33-28)36-10-5-4-6-11-36/h8-9,12-17,31H,2-7,10-11H2,1H3,(H,32,33)(H,34,35). The van der Waals surface area contributed by atoms with E-state index in [0.29, 0.717) is 0 Å². The molecule has 0 aliphatic carbocycles. The van der Waals surface area contributed by atoms with Crippen LogP contribution in [0.2, 0.25) is 0 Å². The summed E-state index contributed by atoms with van der Waals surface area (Å²) in [5.41, 5.74) is 8.75. The second-order valence-corrected chi connectivity index (χ2v) is 9.46. The number of rotatable bonds is 7. The quantitative estimate of drug-likeness (QED) is 0.255. The van der Waals surface area contributed by atoms with Crippen LogP contribution in [0.5, 0.6) is 0 Å². The summed E-state index contributed by atoms with van der Waals surface area (Å²) in [4.78, 5) is 19.8. The Bertz CT molecular complexity index is 1540. The molecule has 0 amide bonds. The molecule has 182 valence electrons. The van der Waals surface area contributed by atoms with Crippen molar-refractivity contribution in [2.75, 3.05) is 23.3 Å². The number of pyridine rings is 2. The zero-order valence-electron chi connectivity index (χ0n) is 20.5. The van der Waals surface area contributed by atoms with Gasteiger partial charge in [-0.2, -0.15) is 5.10 Å². The number of nitrogens with one attached hydrogen (secondary N) is 3. The summed E-state index contributed by atoms with van der Waals surface area (Å²) in [6.45, 7) is 8.35. The largest absolute Gasteiger partial charge is 0.368 e. The number of nitrogens with zero attached hydrogens (tertiary/aromatic N) is 5. The first-order valence-corrected chi connectivity index (χ1v) is 12.7. The van der Waals surface area contributed by atoms with Crippen LogP contribution in [0, 0.1) is 0 Å². The average molecular weight is 479 g/mol. The van der Waals surface area contributed by atoms with E-state index in [9.17, 15) is 0 Å². The zero-order chi connectivity index (χ0) is 24.5. The molecule has 1 fully saturated rings. The Labute approximate surface area is 209 Å². The number of aromatic amines is 2. The minimum atomic E-state index is 0.740. The number of allylic oxidation sites excluding steroid dienone is 1. The smallest absolute Gasteiger partial charge is 0.159 e. The van der Waals surface area contributed by atoms with Gasteiger partial charge in [0.25, 0.3) is 0 Å². The Morgan fingerprint density at radius 3 is 2.72 bits per heavy atom.